The summed E-state index contributed by atoms with van der Waals surface area (Å²) < 4.78 is 34.1. The second-order valence-corrected chi connectivity index (χ2v) is 1.22. The second-order valence-electron chi connectivity index (χ2n) is 0.408. The van der Waals surface area contributed by atoms with Crippen molar-refractivity contribution in [3.63, 3.8) is 0 Å². The van der Waals surface area contributed by atoms with Gasteiger partial charge in [-0.2, -0.15) is 0 Å². The first-order chi connectivity index (χ1) is 2.00. The van der Waals surface area contributed by atoms with Crippen molar-refractivity contribution in [1.29, 1.82) is 0 Å². The van der Waals surface area contributed by atoms with Gasteiger partial charge in [0.25, 0.3) is 0 Å². The van der Waals surface area contributed by atoms with Crippen LogP contribution < -0.4 is 0 Å². The van der Waals surface area contributed by atoms with Gasteiger partial charge in [-0.05, 0) is 0 Å². The smallest absolute Gasteiger partial charge is 0.759 e. The Morgan fingerprint density at radius 2 is 0.889 bits per heavy atom. The molecule has 7 nitrogen and oxygen atoms in total. The van der Waals surface area contributed by atoms with Crippen molar-refractivity contribution >= 4 is 59.3 Å². The minimum atomic E-state index is -5.17. The molecule has 0 fully saturated rings. The summed E-state index contributed by atoms with van der Waals surface area (Å²) >= 11 is 0. The van der Waals surface area contributed by atoms with Crippen molar-refractivity contribution in [3.05, 3.63) is 0 Å². The molecule has 0 aromatic carbocycles. The molecule has 0 aromatic heterocycles. The molecule has 0 heterocycles. The van der Waals surface area contributed by atoms with Gasteiger partial charge >= 0.3 is 48.9 Å². The maximum absolute atomic E-state index is 8.52. The Morgan fingerprint density at radius 3 is 0.889 bits per heavy atom. The van der Waals surface area contributed by atoms with Crippen molar-refractivity contribution in [1.82, 2.24) is 0 Å². The van der Waals surface area contributed by atoms with Gasteiger partial charge in [-0.15, -0.1) is 0 Å². The van der Waals surface area contributed by atoms with Crippen LogP contribution in [-0.2, 0) is 10.4 Å². The monoisotopic (exact) mass is 288 g/mol. The predicted octanol–water partition coefficient (Wildman–Crippen LogP) is -4.19. The molecule has 0 saturated heterocycles. The maximum atomic E-state index is 8.52. The largest absolute Gasteiger partial charge is 2.00 e. The van der Waals surface area contributed by atoms with E-state index in [0.29, 0.717) is 0 Å². The number of hydrogen-bond donors (Lipinski definition) is 0. The van der Waals surface area contributed by atoms with Crippen LogP contribution in [0.5, 0.6) is 0 Å². The second kappa shape index (κ2) is 12.0. The molecule has 0 bridgehead atoms. The molecule has 0 aliphatic carbocycles. The summed E-state index contributed by atoms with van der Waals surface area (Å²) in [6.07, 6.45) is 0. The third-order valence-electron chi connectivity index (χ3n) is 0. The molecule has 56 valence electrons. The van der Waals surface area contributed by atoms with Gasteiger partial charge in [0.1, 0.15) is 0 Å². The van der Waals surface area contributed by atoms with Crippen LogP contribution in [0.4, 0.5) is 0 Å². The zero-order chi connectivity index (χ0) is 4.50. The first-order valence-corrected chi connectivity index (χ1v) is 2.00. The topological polar surface area (TPSA) is 175 Å². The van der Waals surface area contributed by atoms with Gasteiger partial charge in [0.15, 0.2) is 0 Å². The van der Waals surface area contributed by atoms with Crippen molar-refractivity contribution in [2.24, 2.45) is 0 Å². The molecule has 0 aliphatic rings. The molecule has 0 saturated carbocycles. The fourth-order valence-electron chi connectivity index (χ4n) is 0. The van der Waals surface area contributed by atoms with Crippen LogP contribution in [-0.4, -0.2) is 82.8 Å². The van der Waals surface area contributed by atoms with Gasteiger partial charge < -0.3 is 25.5 Å². The van der Waals surface area contributed by atoms with E-state index in [0.717, 1.165) is 0 Å². The Labute approximate surface area is 92.0 Å². The van der Waals surface area contributed by atoms with E-state index in [4.69, 9.17) is 17.5 Å². The molecular formula is H6BaO7S. The van der Waals surface area contributed by atoms with Gasteiger partial charge in [-0.25, -0.2) is 0 Å². The zero-order valence-corrected chi connectivity index (χ0v) is 9.51. The van der Waals surface area contributed by atoms with Crippen molar-refractivity contribution in [2.75, 3.05) is 0 Å². The fraction of sp³-hybridized carbons (Fsp3) is 0. The van der Waals surface area contributed by atoms with Gasteiger partial charge in [0, 0.05) is 10.4 Å². The van der Waals surface area contributed by atoms with Crippen molar-refractivity contribution < 1.29 is 34.0 Å². The SMILES string of the molecule is O.O.O.O=S(=O)([O-])[O-].[Ba+2]. The van der Waals surface area contributed by atoms with E-state index < -0.39 is 10.4 Å². The molecule has 0 rings (SSSR count). The average Bonchev–Trinajstić information content (AvgIpc) is 0.722. The summed E-state index contributed by atoms with van der Waals surface area (Å²) in [6.45, 7) is 0. The molecular weight excluding hydrogens is 281 g/mol. The molecule has 0 aliphatic heterocycles. The molecule has 0 atom stereocenters. The van der Waals surface area contributed by atoms with Crippen LogP contribution in [0.25, 0.3) is 0 Å². The summed E-state index contributed by atoms with van der Waals surface area (Å²) in [5.74, 6) is 0. The molecule has 0 unspecified atom stereocenters. The Bertz CT molecular complexity index is 92.1. The molecule has 0 aromatic rings. The van der Waals surface area contributed by atoms with Crippen LogP contribution in [0.15, 0.2) is 0 Å². The van der Waals surface area contributed by atoms with E-state index in [1.807, 2.05) is 0 Å². The third kappa shape index (κ3) is 286. The minimum Gasteiger partial charge on any atom is -0.759 e. The molecule has 6 N–H and O–H groups in total. The Balaban J connectivity index is -0.0000000133. The van der Waals surface area contributed by atoms with Crippen LogP contribution in [0, 0.1) is 0 Å². The Morgan fingerprint density at radius 1 is 0.889 bits per heavy atom. The summed E-state index contributed by atoms with van der Waals surface area (Å²) in [7, 11) is -5.17. The maximum Gasteiger partial charge on any atom is 2.00 e. The summed E-state index contributed by atoms with van der Waals surface area (Å²) in [6, 6.07) is 0. The number of hydrogen-bond acceptors (Lipinski definition) is 4. The van der Waals surface area contributed by atoms with Gasteiger partial charge in [0.2, 0.25) is 0 Å². The number of rotatable bonds is 0. The third-order valence-corrected chi connectivity index (χ3v) is 0. The molecule has 0 radical (unpaired) electrons. The molecule has 0 spiro atoms. The molecule has 9 heavy (non-hydrogen) atoms. The molecule has 0 amide bonds. The van der Waals surface area contributed by atoms with E-state index in [1.165, 1.54) is 0 Å². The predicted molar refractivity (Wildman–Crippen MR) is 27.1 cm³/mol. The van der Waals surface area contributed by atoms with Gasteiger partial charge in [-0.1, -0.05) is 0 Å². The summed E-state index contributed by atoms with van der Waals surface area (Å²) in [5, 5.41) is 0. The van der Waals surface area contributed by atoms with Crippen molar-refractivity contribution in [3.8, 4) is 0 Å². The summed E-state index contributed by atoms with van der Waals surface area (Å²) in [5.41, 5.74) is 0. The van der Waals surface area contributed by atoms with Gasteiger partial charge in [-0.3, -0.25) is 8.42 Å². The standard InChI is InChI=1S/Ba.H2O4S.3H2O/c;1-5(2,3)4;;;/h;(H2,1,2,3,4);3*1H2/q+2;;;;/p-2. The van der Waals surface area contributed by atoms with Crippen LogP contribution in [0.3, 0.4) is 0 Å². The first-order valence-electron chi connectivity index (χ1n) is 0.667. The fourth-order valence-corrected chi connectivity index (χ4v) is 0. The van der Waals surface area contributed by atoms with E-state index in [2.05, 4.69) is 0 Å². The van der Waals surface area contributed by atoms with E-state index in [-0.39, 0.29) is 65.3 Å². The zero-order valence-electron chi connectivity index (χ0n) is 4.25. The van der Waals surface area contributed by atoms with Gasteiger partial charge in [0.05, 0.1) is 0 Å². The van der Waals surface area contributed by atoms with Crippen LogP contribution in [0.2, 0.25) is 0 Å². The van der Waals surface area contributed by atoms with Crippen molar-refractivity contribution in [2.45, 2.75) is 0 Å². The quantitative estimate of drug-likeness (QED) is 0.249. The summed E-state index contributed by atoms with van der Waals surface area (Å²) in [4.78, 5) is 0. The Kier molecular flexibility index (Phi) is 42.4. The normalized spacial score (nSPS) is 6.44. The van der Waals surface area contributed by atoms with Crippen LogP contribution in [0.1, 0.15) is 0 Å². The van der Waals surface area contributed by atoms with E-state index in [1.54, 1.807) is 0 Å². The van der Waals surface area contributed by atoms with E-state index in [9.17, 15) is 0 Å². The first kappa shape index (κ1) is 31.7. The Hall–Kier alpha value is 1.32. The minimum absolute atomic E-state index is 0. The molecule has 9 heteroatoms. The van der Waals surface area contributed by atoms with Crippen LogP contribution >= 0.6 is 0 Å². The average molecular weight is 287 g/mol. The van der Waals surface area contributed by atoms with E-state index >= 15 is 0 Å².